The minimum atomic E-state index is -0.0182. The Kier molecular flexibility index (Phi) is 4.07. The maximum atomic E-state index is 12.1. The fourth-order valence-corrected chi connectivity index (χ4v) is 2.41. The van der Waals surface area contributed by atoms with Gasteiger partial charge < -0.3 is 10.0 Å². The summed E-state index contributed by atoms with van der Waals surface area (Å²) >= 11 is 9.26. The number of halogens is 2. The van der Waals surface area contributed by atoms with Crippen molar-refractivity contribution in [1.82, 2.24) is 4.90 Å². The molecule has 0 aliphatic carbocycles. The van der Waals surface area contributed by atoms with E-state index in [1.54, 1.807) is 23.1 Å². The third-order valence-corrected chi connectivity index (χ3v) is 4.23. The SMILES string of the molecule is O=C(c1ccc(Br)c(Cl)c1)N1CCC(CO)C1. The van der Waals surface area contributed by atoms with Gasteiger partial charge in [0.1, 0.15) is 0 Å². The van der Waals surface area contributed by atoms with Crippen molar-refractivity contribution >= 4 is 33.4 Å². The number of carbonyl (C=O) groups excluding carboxylic acids is 1. The number of carbonyl (C=O) groups is 1. The van der Waals surface area contributed by atoms with Crippen LogP contribution in [0.1, 0.15) is 16.8 Å². The van der Waals surface area contributed by atoms with E-state index in [2.05, 4.69) is 15.9 Å². The van der Waals surface area contributed by atoms with Crippen molar-refractivity contribution in [2.24, 2.45) is 5.92 Å². The van der Waals surface area contributed by atoms with Crippen molar-refractivity contribution in [3.05, 3.63) is 33.3 Å². The second-order valence-corrected chi connectivity index (χ2v) is 5.48. The molecule has 17 heavy (non-hydrogen) atoms. The van der Waals surface area contributed by atoms with E-state index >= 15 is 0 Å². The zero-order valence-electron chi connectivity index (χ0n) is 9.20. The van der Waals surface area contributed by atoms with E-state index in [1.165, 1.54) is 0 Å². The summed E-state index contributed by atoms with van der Waals surface area (Å²) < 4.78 is 0.783. The molecular weight excluding hydrogens is 305 g/mol. The van der Waals surface area contributed by atoms with Gasteiger partial charge in [-0.25, -0.2) is 0 Å². The number of hydrogen-bond acceptors (Lipinski definition) is 2. The minimum Gasteiger partial charge on any atom is -0.396 e. The van der Waals surface area contributed by atoms with E-state index in [0.29, 0.717) is 23.7 Å². The van der Waals surface area contributed by atoms with Gasteiger partial charge in [0.25, 0.3) is 5.91 Å². The van der Waals surface area contributed by atoms with Crippen LogP contribution >= 0.6 is 27.5 Å². The first-order valence-electron chi connectivity index (χ1n) is 5.47. The molecule has 92 valence electrons. The van der Waals surface area contributed by atoms with Crippen LogP contribution in [-0.4, -0.2) is 35.6 Å². The van der Waals surface area contributed by atoms with Crippen LogP contribution in [0.3, 0.4) is 0 Å². The highest BCUT2D eigenvalue weighted by molar-refractivity contribution is 9.10. The van der Waals surface area contributed by atoms with Gasteiger partial charge in [0.05, 0.1) is 5.02 Å². The monoisotopic (exact) mass is 317 g/mol. The Balaban J connectivity index is 2.12. The molecule has 0 radical (unpaired) electrons. The molecule has 0 saturated carbocycles. The van der Waals surface area contributed by atoms with Gasteiger partial charge in [-0.2, -0.15) is 0 Å². The molecule has 1 heterocycles. The Hall–Kier alpha value is -0.580. The molecule has 1 aliphatic heterocycles. The highest BCUT2D eigenvalue weighted by Crippen LogP contribution is 2.25. The maximum absolute atomic E-state index is 12.1. The molecule has 0 bridgehead atoms. The molecular formula is C12H13BrClNO2. The zero-order chi connectivity index (χ0) is 12.4. The summed E-state index contributed by atoms with van der Waals surface area (Å²) in [5.74, 6) is 0.195. The quantitative estimate of drug-likeness (QED) is 0.910. The van der Waals surface area contributed by atoms with Gasteiger partial charge in [-0.05, 0) is 40.5 Å². The Bertz CT molecular complexity index is 439. The molecule has 1 aromatic carbocycles. The molecule has 1 aliphatic rings. The Morgan fingerprint density at radius 2 is 2.35 bits per heavy atom. The summed E-state index contributed by atoms with van der Waals surface area (Å²) in [5, 5.41) is 9.59. The first-order chi connectivity index (χ1) is 8.11. The topological polar surface area (TPSA) is 40.5 Å². The van der Waals surface area contributed by atoms with Gasteiger partial charge in [-0.15, -0.1) is 0 Å². The molecule has 3 nitrogen and oxygen atoms in total. The van der Waals surface area contributed by atoms with E-state index in [9.17, 15) is 4.79 Å². The Morgan fingerprint density at radius 3 is 2.94 bits per heavy atom. The summed E-state index contributed by atoms with van der Waals surface area (Å²) in [6, 6.07) is 5.19. The van der Waals surface area contributed by atoms with Gasteiger partial charge in [-0.3, -0.25) is 4.79 Å². The summed E-state index contributed by atoms with van der Waals surface area (Å²) in [6.07, 6.45) is 0.868. The summed E-state index contributed by atoms with van der Waals surface area (Å²) in [4.78, 5) is 13.9. The molecule has 5 heteroatoms. The number of aliphatic hydroxyl groups is 1. The smallest absolute Gasteiger partial charge is 0.253 e. The van der Waals surface area contributed by atoms with Crippen LogP contribution in [0.4, 0.5) is 0 Å². The van der Waals surface area contributed by atoms with E-state index in [1.807, 2.05) is 0 Å². The van der Waals surface area contributed by atoms with Gasteiger partial charge in [-0.1, -0.05) is 11.6 Å². The van der Waals surface area contributed by atoms with E-state index < -0.39 is 0 Å². The van der Waals surface area contributed by atoms with Crippen molar-refractivity contribution in [2.45, 2.75) is 6.42 Å². The fraction of sp³-hybridized carbons (Fsp3) is 0.417. The van der Waals surface area contributed by atoms with E-state index in [-0.39, 0.29) is 18.4 Å². The lowest BCUT2D eigenvalue weighted by Gasteiger charge is -2.16. The lowest BCUT2D eigenvalue weighted by atomic mass is 10.1. The number of rotatable bonds is 2. The summed E-state index contributed by atoms with van der Waals surface area (Å²) in [5.41, 5.74) is 0.594. The number of aliphatic hydroxyl groups excluding tert-OH is 1. The number of amides is 1. The molecule has 0 aromatic heterocycles. The normalized spacial score (nSPS) is 19.7. The molecule has 1 saturated heterocycles. The van der Waals surface area contributed by atoms with Gasteiger partial charge in [0, 0.05) is 35.7 Å². The first kappa shape index (κ1) is 12.9. The van der Waals surface area contributed by atoms with Crippen LogP contribution in [0, 0.1) is 5.92 Å². The van der Waals surface area contributed by atoms with Gasteiger partial charge >= 0.3 is 0 Å². The highest BCUT2D eigenvalue weighted by Gasteiger charge is 2.26. The standard InChI is InChI=1S/C12H13BrClNO2/c13-10-2-1-9(5-11(10)14)12(17)15-4-3-8(6-15)7-16/h1-2,5,8,16H,3-4,6-7H2. The predicted octanol–water partition coefficient (Wildman–Crippen LogP) is 2.56. The summed E-state index contributed by atoms with van der Waals surface area (Å²) in [7, 11) is 0. The van der Waals surface area contributed by atoms with E-state index in [0.717, 1.165) is 10.9 Å². The average Bonchev–Trinajstić information content (AvgIpc) is 2.80. The Labute approximate surface area is 114 Å². The Morgan fingerprint density at radius 1 is 1.59 bits per heavy atom. The molecule has 1 N–H and O–H groups in total. The fourth-order valence-electron chi connectivity index (χ4n) is 1.98. The molecule has 1 aromatic rings. The van der Waals surface area contributed by atoms with Crippen molar-refractivity contribution in [3.8, 4) is 0 Å². The van der Waals surface area contributed by atoms with Gasteiger partial charge in [0.2, 0.25) is 0 Å². The van der Waals surface area contributed by atoms with Crippen LogP contribution < -0.4 is 0 Å². The van der Waals surface area contributed by atoms with Gasteiger partial charge in [0.15, 0.2) is 0 Å². The highest BCUT2D eigenvalue weighted by atomic mass is 79.9. The molecule has 1 fully saturated rings. The molecule has 1 atom stereocenters. The van der Waals surface area contributed by atoms with Crippen LogP contribution in [-0.2, 0) is 0 Å². The van der Waals surface area contributed by atoms with E-state index in [4.69, 9.17) is 16.7 Å². The molecule has 1 unspecified atom stereocenters. The zero-order valence-corrected chi connectivity index (χ0v) is 11.5. The maximum Gasteiger partial charge on any atom is 0.253 e. The van der Waals surface area contributed by atoms with Crippen LogP contribution in [0.2, 0.25) is 5.02 Å². The molecule has 0 spiro atoms. The number of nitrogens with zero attached hydrogens (tertiary/aromatic N) is 1. The summed E-state index contributed by atoms with van der Waals surface area (Å²) in [6.45, 7) is 1.48. The second-order valence-electron chi connectivity index (χ2n) is 4.22. The lowest BCUT2D eigenvalue weighted by Crippen LogP contribution is -2.29. The average molecular weight is 319 g/mol. The van der Waals surface area contributed by atoms with Crippen molar-refractivity contribution in [1.29, 1.82) is 0 Å². The molecule has 1 amide bonds. The number of hydrogen-bond donors (Lipinski definition) is 1. The van der Waals surface area contributed by atoms with Crippen molar-refractivity contribution < 1.29 is 9.90 Å². The van der Waals surface area contributed by atoms with Crippen molar-refractivity contribution in [3.63, 3.8) is 0 Å². The minimum absolute atomic E-state index is 0.0182. The third-order valence-electron chi connectivity index (χ3n) is 3.00. The van der Waals surface area contributed by atoms with Crippen LogP contribution in [0.25, 0.3) is 0 Å². The second kappa shape index (κ2) is 5.38. The third kappa shape index (κ3) is 2.81. The van der Waals surface area contributed by atoms with Crippen LogP contribution in [0.5, 0.6) is 0 Å². The number of benzene rings is 1. The van der Waals surface area contributed by atoms with Crippen molar-refractivity contribution in [2.75, 3.05) is 19.7 Å². The molecule has 2 rings (SSSR count). The number of likely N-dealkylation sites (tertiary alicyclic amines) is 1. The first-order valence-corrected chi connectivity index (χ1v) is 6.64. The predicted molar refractivity (Wildman–Crippen MR) is 70.2 cm³/mol. The lowest BCUT2D eigenvalue weighted by molar-refractivity contribution is 0.0782. The largest absolute Gasteiger partial charge is 0.396 e. The van der Waals surface area contributed by atoms with Crippen LogP contribution in [0.15, 0.2) is 22.7 Å².